The second kappa shape index (κ2) is 3.04. The van der Waals surface area contributed by atoms with Crippen LogP contribution in [0.1, 0.15) is 6.42 Å². The van der Waals surface area contributed by atoms with Crippen molar-refractivity contribution in [3.63, 3.8) is 0 Å². The lowest BCUT2D eigenvalue weighted by Gasteiger charge is -2.16. The summed E-state index contributed by atoms with van der Waals surface area (Å²) in [4.78, 5) is 0. The monoisotopic (exact) mass is 188 g/mol. The SMILES string of the molecule is CS(=O)(=O)CC1(C#N)CCNC1. The molecule has 0 spiro atoms. The van der Waals surface area contributed by atoms with Gasteiger partial charge in [-0.15, -0.1) is 0 Å². The quantitative estimate of drug-likeness (QED) is 0.636. The van der Waals surface area contributed by atoms with Crippen molar-refractivity contribution in [2.24, 2.45) is 5.41 Å². The summed E-state index contributed by atoms with van der Waals surface area (Å²) >= 11 is 0. The van der Waals surface area contributed by atoms with E-state index in [1.54, 1.807) is 0 Å². The summed E-state index contributed by atoms with van der Waals surface area (Å²) < 4.78 is 21.9. The van der Waals surface area contributed by atoms with E-state index in [-0.39, 0.29) is 5.75 Å². The lowest BCUT2D eigenvalue weighted by Crippen LogP contribution is -2.30. The zero-order valence-corrected chi connectivity index (χ0v) is 7.82. The molecular weight excluding hydrogens is 176 g/mol. The van der Waals surface area contributed by atoms with E-state index in [4.69, 9.17) is 5.26 Å². The molecule has 1 rings (SSSR count). The Morgan fingerprint density at radius 1 is 1.67 bits per heavy atom. The van der Waals surface area contributed by atoms with Crippen LogP contribution in [0.5, 0.6) is 0 Å². The van der Waals surface area contributed by atoms with Gasteiger partial charge in [-0.05, 0) is 13.0 Å². The number of nitriles is 1. The third kappa shape index (κ3) is 2.19. The minimum atomic E-state index is -3.04. The molecule has 1 saturated heterocycles. The van der Waals surface area contributed by atoms with Gasteiger partial charge < -0.3 is 5.32 Å². The first-order chi connectivity index (χ1) is 5.47. The zero-order chi connectivity index (χ0) is 9.24. The summed E-state index contributed by atoms with van der Waals surface area (Å²) in [5.41, 5.74) is -0.673. The molecule has 1 aliphatic heterocycles. The van der Waals surface area contributed by atoms with E-state index in [1.807, 2.05) is 0 Å². The van der Waals surface area contributed by atoms with E-state index in [2.05, 4.69) is 11.4 Å². The molecule has 1 heterocycles. The Hall–Kier alpha value is -0.600. The predicted octanol–water partition coefficient (Wildman–Crippen LogP) is -0.466. The summed E-state index contributed by atoms with van der Waals surface area (Å²) in [5.74, 6) is -0.0243. The first kappa shape index (κ1) is 9.49. The van der Waals surface area contributed by atoms with Gasteiger partial charge in [0.25, 0.3) is 0 Å². The third-order valence-corrected chi connectivity index (χ3v) is 3.10. The summed E-state index contributed by atoms with van der Waals surface area (Å²) in [6, 6.07) is 2.09. The van der Waals surface area contributed by atoms with Gasteiger partial charge in [0.2, 0.25) is 0 Å². The second-order valence-corrected chi connectivity index (χ2v) is 5.53. The molecule has 0 aromatic carbocycles. The second-order valence-electron chi connectivity index (χ2n) is 3.39. The molecule has 5 heteroatoms. The Balaban J connectivity index is 2.77. The Bertz CT molecular complexity index is 296. The molecule has 0 radical (unpaired) electrons. The molecule has 1 atom stereocenters. The molecule has 1 fully saturated rings. The predicted molar refractivity (Wildman–Crippen MR) is 45.2 cm³/mol. The van der Waals surface area contributed by atoms with Crippen LogP contribution in [0.3, 0.4) is 0 Å². The van der Waals surface area contributed by atoms with Crippen molar-refractivity contribution in [3.8, 4) is 6.07 Å². The topological polar surface area (TPSA) is 70.0 Å². The van der Waals surface area contributed by atoms with E-state index in [1.165, 1.54) is 6.26 Å². The van der Waals surface area contributed by atoms with Crippen molar-refractivity contribution < 1.29 is 8.42 Å². The highest BCUT2D eigenvalue weighted by molar-refractivity contribution is 7.90. The normalized spacial score (nSPS) is 30.0. The van der Waals surface area contributed by atoms with Crippen molar-refractivity contribution in [3.05, 3.63) is 0 Å². The van der Waals surface area contributed by atoms with E-state index < -0.39 is 15.3 Å². The molecule has 0 bridgehead atoms. The fraction of sp³-hybridized carbons (Fsp3) is 0.857. The number of hydrogen-bond acceptors (Lipinski definition) is 4. The van der Waals surface area contributed by atoms with Gasteiger partial charge in [0.15, 0.2) is 0 Å². The number of hydrogen-bond donors (Lipinski definition) is 1. The number of nitrogens with zero attached hydrogens (tertiary/aromatic N) is 1. The number of rotatable bonds is 2. The highest BCUT2D eigenvalue weighted by atomic mass is 32.2. The number of nitrogens with one attached hydrogen (secondary N) is 1. The molecule has 68 valence electrons. The lowest BCUT2D eigenvalue weighted by atomic mass is 9.92. The van der Waals surface area contributed by atoms with Crippen LogP contribution in [-0.2, 0) is 9.84 Å². The first-order valence-corrected chi connectivity index (χ1v) is 5.83. The van der Waals surface area contributed by atoms with Crippen LogP contribution in [0.4, 0.5) is 0 Å². The average molecular weight is 188 g/mol. The number of sulfone groups is 1. The average Bonchev–Trinajstić information content (AvgIpc) is 2.34. The Morgan fingerprint density at radius 3 is 2.67 bits per heavy atom. The van der Waals surface area contributed by atoms with Gasteiger partial charge in [-0.1, -0.05) is 0 Å². The molecule has 0 aliphatic carbocycles. The molecule has 0 saturated carbocycles. The van der Waals surface area contributed by atoms with Crippen molar-refractivity contribution >= 4 is 9.84 Å². The summed E-state index contributed by atoms with van der Waals surface area (Å²) in [6.07, 6.45) is 1.81. The molecule has 1 N–H and O–H groups in total. The zero-order valence-electron chi connectivity index (χ0n) is 7.00. The molecule has 0 aromatic rings. The Labute approximate surface area is 72.5 Å². The van der Waals surface area contributed by atoms with Crippen LogP contribution in [0.2, 0.25) is 0 Å². The van der Waals surface area contributed by atoms with Crippen LogP contribution in [0.25, 0.3) is 0 Å². The molecule has 1 unspecified atom stereocenters. The van der Waals surface area contributed by atoms with Gasteiger partial charge in [-0.3, -0.25) is 0 Å². The largest absolute Gasteiger partial charge is 0.315 e. The molecule has 4 nitrogen and oxygen atoms in total. The molecule has 0 aromatic heterocycles. The minimum Gasteiger partial charge on any atom is -0.315 e. The highest BCUT2D eigenvalue weighted by Crippen LogP contribution is 2.25. The summed E-state index contributed by atoms with van der Waals surface area (Å²) in [6.45, 7) is 1.24. The van der Waals surface area contributed by atoms with E-state index >= 15 is 0 Å². The van der Waals surface area contributed by atoms with Gasteiger partial charge in [0.1, 0.15) is 9.84 Å². The van der Waals surface area contributed by atoms with Gasteiger partial charge in [-0.25, -0.2) is 8.42 Å². The van der Waals surface area contributed by atoms with Gasteiger partial charge >= 0.3 is 0 Å². The van der Waals surface area contributed by atoms with E-state index in [0.29, 0.717) is 13.0 Å². The molecule has 12 heavy (non-hydrogen) atoms. The van der Waals surface area contributed by atoms with Crippen molar-refractivity contribution in [1.29, 1.82) is 5.26 Å². The van der Waals surface area contributed by atoms with Gasteiger partial charge in [-0.2, -0.15) is 5.26 Å². The fourth-order valence-electron chi connectivity index (χ4n) is 1.50. The maximum atomic E-state index is 11.0. The van der Waals surface area contributed by atoms with Crippen molar-refractivity contribution in [2.45, 2.75) is 6.42 Å². The smallest absolute Gasteiger partial charge is 0.149 e. The van der Waals surface area contributed by atoms with E-state index in [9.17, 15) is 8.42 Å². The van der Waals surface area contributed by atoms with Crippen LogP contribution < -0.4 is 5.32 Å². The van der Waals surface area contributed by atoms with Gasteiger partial charge in [0, 0.05) is 12.8 Å². The molecular formula is C7H12N2O2S. The highest BCUT2D eigenvalue weighted by Gasteiger charge is 2.37. The van der Waals surface area contributed by atoms with Crippen LogP contribution in [0, 0.1) is 16.7 Å². The van der Waals surface area contributed by atoms with Crippen molar-refractivity contribution in [1.82, 2.24) is 5.32 Å². The molecule has 0 amide bonds. The standard InChI is InChI=1S/C7H12N2O2S/c1-12(10,11)6-7(4-8)2-3-9-5-7/h9H,2-3,5-6H2,1H3. The minimum absolute atomic E-state index is 0.0243. The van der Waals surface area contributed by atoms with Crippen LogP contribution in [-0.4, -0.2) is 33.5 Å². The maximum Gasteiger partial charge on any atom is 0.149 e. The third-order valence-electron chi connectivity index (χ3n) is 2.02. The fourth-order valence-corrected chi connectivity index (χ4v) is 2.81. The first-order valence-electron chi connectivity index (χ1n) is 3.77. The van der Waals surface area contributed by atoms with Crippen molar-refractivity contribution in [2.75, 3.05) is 25.1 Å². The summed E-state index contributed by atoms with van der Waals surface area (Å²) in [5, 5.41) is 11.8. The van der Waals surface area contributed by atoms with Crippen LogP contribution in [0.15, 0.2) is 0 Å². The Kier molecular flexibility index (Phi) is 2.40. The Morgan fingerprint density at radius 2 is 2.33 bits per heavy atom. The van der Waals surface area contributed by atoms with Gasteiger partial charge in [0.05, 0.1) is 17.2 Å². The summed E-state index contributed by atoms with van der Waals surface area (Å²) in [7, 11) is -3.04. The lowest BCUT2D eigenvalue weighted by molar-refractivity contribution is 0.486. The van der Waals surface area contributed by atoms with Crippen LogP contribution >= 0.6 is 0 Å². The molecule has 1 aliphatic rings. The van der Waals surface area contributed by atoms with E-state index in [0.717, 1.165) is 6.54 Å². The maximum absolute atomic E-state index is 11.0.